The third kappa shape index (κ3) is 2.86. The van der Waals surface area contributed by atoms with Crippen LogP contribution in [0.5, 0.6) is 0 Å². The SMILES string of the molecule is Cc1ccc(CO[C@H]2O[C@@H]3O[C@@]4(C)CCC5[C@H](C)CCC([C@H]2C)[C@]53OO4)cc1. The summed E-state index contributed by atoms with van der Waals surface area (Å²) < 4.78 is 19.1. The van der Waals surface area contributed by atoms with Gasteiger partial charge in [0.2, 0.25) is 5.79 Å². The molecule has 4 heterocycles. The molecule has 0 radical (unpaired) electrons. The average molecular weight is 389 g/mol. The van der Waals surface area contributed by atoms with E-state index in [1.165, 1.54) is 12.0 Å². The van der Waals surface area contributed by atoms with Crippen LogP contribution in [0.3, 0.4) is 0 Å². The minimum atomic E-state index is -0.736. The van der Waals surface area contributed by atoms with Crippen LogP contribution in [0.25, 0.3) is 0 Å². The lowest BCUT2D eigenvalue weighted by molar-refractivity contribution is -0.577. The summed E-state index contributed by atoms with van der Waals surface area (Å²) in [5.41, 5.74) is 1.90. The van der Waals surface area contributed by atoms with Crippen molar-refractivity contribution in [2.24, 2.45) is 23.7 Å². The quantitative estimate of drug-likeness (QED) is 0.701. The fourth-order valence-electron chi connectivity index (χ4n) is 5.93. The van der Waals surface area contributed by atoms with E-state index in [9.17, 15) is 0 Å². The third-order valence-corrected chi connectivity index (χ3v) is 7.63. The van der Waals surface area contributed by atoms with Gasteiger partial charge in [0.1, 0.15) is 0 Å². The Bertz CT molecular complexity index is 720. The van der Waals surface area contributed by atoms with Crippen molar-refractivity contribution in [1.29, 1.82) is 0 Å². The molecule has 28 heavy (non-hydrogen) atoms. The Labute approximate surface area is 167 Å². The van der Waals surface area contributed by atoms with Crippen LogP contribution in [-0.2, 0) is 30.6 Å². The van der Waals surface area contributed by atoms with Gasteiger partial charge in [0.25, 0.3) is 0 Å². The maximum atomic E-state index is 6.45. The van der Waals surface area contributed by atoms with Crippen molar-refractivity contribution >= 4 is 0 Å². The van der Waals surface area contributed by atoms with Gasteiger partial charge in [0.05, 0.1) is 6.61 Å². The summed E-state index contributed by atoms with van der Waals surface area (Å²) in [5, 5.41) is 0. The van der Waals surface area contributed by atoms with E-state index in [1.54, 1.807) is 0 Å². The van der Waals surface area contributed by atoms with Crippen LogP contribution in [0, 0.1) is 30.6 Å². The average Bonchev–Trinajstić information content (AvgIpc) is 2.91. The Morgan fingerprint density at radius 2 is 1.82 bits per heavy atom. The molecule has 5 nitrogen and oxygen atoms in total. The minimum absolute atomic E-state index is 0.214. The summed E-state index contributed by atoms with van der Waals surface area (Å²) in [7, 11) is 0. The Kier molecular flexibility index (Phi) is 4.60. The Hall–Kier alpha value is -0.980. The molecule has 1 saturated carbocycles. The van der Waals surface area contributed by atoms with Crippen molar-refractivity contribution < 1.29 is 24.0 Å². The van der Waals surface area contributed by atoms with Crippen LogP contribution in [-0.4, -0.2) is 24.0 Å². The summed E-state index contributed by atoms with van der Waals surface area (Å²) >= 11 is 0. The molecule has 1 spiro atoms. The first kappa shape index (κ1) is 19.0. The van der Waals surface area contributed by atoms with Gasteiger partial charge in [-0.15, -0.1) is 0 Å². The second-order valence-electron chi connectivity index (χ2n) is 9.57. The molecule has 5 heteroatoms. The van der Waals surface area contributed by atoms with Gasteiger partial charge in [0, 0.05) is 18.3 Å². The molecular formula is C23H32O5. The summed E-state index contributed by atoms with van der Waals surface area (Å²) in [4.78, 5) is 12.0. The molecule has 1 aromatic carbocycles. The number of fused-ring (bicyclic) bond motifs is 2. The van der Waals surface area contributed by atoms with E-state index in [2.05, 4.69) is 45.0 Å². The predicted octanol–water partition coefficient (Wildman–Crippen LogP) is 4.72. The lowest BCUT2D eigenvalue weighted by Crippen LogP contribution is -2.70. The van der Waals surface area contributed by atoms with Gasteiger partial charge in [0.15, 0.2) is 18.2 Å². The molecule has 4 saturated heterocycles. The zero-order valence-corrected chi connectivity index (χ0v) is 17.4. The number of aryl methyl sites for hydroxylation is 1. The van der Waals surface area contributed by atoms with Crippen LogP contribution < -0.4 is 0 Å². The molecule has 8 atom stereocenters. The molecule has 2 bridgehead atoms. The summed E-state index contributed by atoms with van der Waals surface area (Å²) in [6.07, 6.45) is 3.44. The summed E-state index contributed by atoms with van der Waals surface area (Å²) in [6.45, 7) is 9.15. The van der Waals surface area contributed by atoms with Crippen molar-refractivity contribution in [3.63, 3.8) is 0 Å². The molecule has 0 N–H and O–H groups in total. The largest absolute Gasteiger partial charge is 0.348 e. The van der Waals surface area contributed by atoms with Crippen molar-refractivity contribution in [3.8, 4) is 0 Å². The molecule has 1 aliphatic carbocycles. The first-order valence-electron chi connectivity index (χ1n) is 10.8. The fraction of sp³-hybridized carbons (Fsp3) is 0.739. The lowest BCUT2D eigenvalue weighted by Gasteiger charge is -2.60. The Morgan fingerprint density at radius 1 is 1.04 bits per heavy atom. The highest BCUT2D eigenvalue weighted by Crippen LogP contribution is 2.60. The van der Waals surface area contributed by atoms with Crippen LogP contribution in [0.15, 0.2) is 24.3 Å². The second kappa shape index (κ2) is 6.78. The number of benzene rings is 1. The molecule has 4 aliphatic heterocycles. The second-order valence-corrected chi connectivity index (χ2v) is 9.57. The van der Waals surface area contributed by atoms with Crippen LogP contribution >= 0.6 is 0 Å². The molecule has 5 aliphatic rings. The van der Waals surface area contributed by atoms with E-state index >= 15 is 0 Å². The van der Waals surface area contributed by atoms with Crippen molar-refractivity contribution in [2.75, 3.05) is 0 Å². The number of rotatable bonds is 3. The molecule has 6 rings (SSSR count). The highest BCUT2D eigenvalue weighted by Gasteiger charge is 2.69. The maximum absolute atomic E-state index is 6.45. The lowest BCUT2D eigenvalue weighted by atomic mass is 9.58. The monoisotopic (exact) mass is 388 g/mol. The first-order chi connectivity index (χ1) is 13.4. The van der Waals surface area contributed by atoms with Crippen LogP contribution in [0.2, 0.25) is 0 Å². The summed E-state index contributed by atoms with van der Waals surface area (Å²) in [5.74, 6) is 0.748. The fourth-order valence-corrected chi connectivity index (χ4v) is 5.93. The van der Waals surface area contributed by atoms with Gasteiger partial charge in [-0.3, -0.25) is 0 Å². The highest BCUT2D eigenvalue weighted by atomic mass is 17.3. The van der Waals surface area contributed by atoms with Crippen molar-refractivity contribution in [3.05, 3.63) is 35.4 Å². The molecule has 1 aromatic rings. The smallest absolute Gasteiger partial charge is 0.201 e. The van der Waals surface area contributed by atoms with Crippen LogP contribution in [0.4, 0.5) is 0 Å². The van der Waals surface area contributed by atoms with Crippen LogP contribution in [0.1, 0.15) is 57.6 Å². The number of ether oxygens (including phenoxy) is 3. The first-order valence-corrected chi connectivity index (χ1v) is 10.8. The van der Waals surface area contributed by atoms with Gasteiger partial charge in [-0.25, -0.2) is 9.78 Å². The zero-order valence-electron chi connectivity index (χ0n) is 17.4. The molecule has 5 fully saturated rings. The molecule has 0 amide bonds. The van der Waals surface area contributed by atoms with Crippen molar-refractivity contribution in [2.45, 2.75) is 84.0 Å². The summed E-state index contributed by atoms with van der Waals surface area (Å²) in [6, 6.07) is 8.46. The van der Waals surface area contributed by atoms with Gasteiger partial charge in [-0.2, -0.15) is 0 Å². The zero-order chi connectivity index (χ0) is 19.5. The van der Waals surface area contributed by atoms with Gasteiger partial charge in [-0.05, 0) is 50.5 Å². The van der Waals surface area contributed by atoms with E-state index in [0.29, 0.717) is 24.4 Å². The van der Waals surface area contributed by atoms with E-state index in [0.717, 1.165) is 24.8 Å². The Balaban J connectivity index is 1.40. The molecule has 154 valence electrons. The topological polar surface area (TPSA) is 46.2 Å². The van der Waals surface area contributed by atoms with Gasteiger partial charge in [-0.1, -0.05) is 43.7 Å². The normalized spacial score (nSPS) is 47.4. The van der Waals surface area contributed by atoms with E-state index in [-0.39, 0.29) is 12.2 Å². The van der Waals surface area contributed by atoms with E-state index < -0.39 is 17.7 Å². The van der Waals surface area contributed by atoms with Gasteiger partial charge >= 0.3 is 0 Å². The third-order valence-electron chi connectivity index (χ3n) is 7.63. The van der Waals surface area contributed by atoms with Crippen molar-refractivity contribution in [1.82, 2.24) is 0 Å². The molecule has 2 unspecified atom stereocenters. The predicted molar refractivity (Wildman–Crippen MR) is 103 cm³/mol. The number of hydrogen-bond acceptors (Lipinski definition) is 5. The molecular weight excluding hydrogens is 356 g/mol. The molecule has 0 aromatic heterocycles. The number of hydrogen-bond donors (Lipinski definition) is 0. The maximum Gasteiger partial charge on any atom is 0.201 e. The van der Waals surface area contributed by atoms with E-state index in [1.807, 2.05) is 6.92 Å². The standard InChI is InChI=1S/C23H32O5/c1-14-5-8-17(9-6-14)13-24-20-16(3)19-10-7-15(2)18-11-12-22(4)26-21(25-20)23(18,19)28-27-22/h5-6,8-9,15-16,18-21H,7,10-13H2,1-4H3/t15-,16-,18?,19?,20+,21-,22-,23-/m1/s1. The highest BCUT2D eigenvalue weighted by molar-refractivity contribution is 5.20. The Morgan fingerprint density at radius 3 is 2.61 bits per heavy atom. The van der Waals surface area contributed by atoms with Gasteiger partial charge < -0.3 is 14.2 Å². The van der Waals surface area contributed by atoms with E-state index in [4.69, 9.17) is 24.0 Å². The minimum Gasteiger partial charge on any atom is -0.348 e.